The minimum Gasteiger partial charge on any atom is -0.466 e. The molecule has 16 heavy (non-hydrogen) atoms. The van der Waals surface area contributed by atoms with Crippen LogP contribution in [0.2, 0.25) is 0 Å². The predicted octanol–water partition coefficient (Wildman–Crippen LogP) is 2.53. The number of hydrogen-bond acceptors (Lipinski definition) is 4. The topological polar surface area (TPSA) is 38.7 Å². The van der Waals surface area contributed by atoms with E-state index in [0.29, 0.717) is 0 Å². The van der Waals surface area contributed by atoms with Gasteiger partial charge in [-0.3, -0.25) is 0 Å². The van der Waals surface area contributed by atoms with Crippen molar-refractivity contribution in [3.63, 3.8) is 0 Å². The molecule has 0 aliphatic heterocycles. The molecule has 1 aromatic carbocycles. The highest BCUT2D eigenvalue weighted by molar-refractivity contribution is 7.99. The third-order valence-electron chi connectivity index (χ3n) is 1.97. The molecule has 1 N–H and O–H groups in total. The van der Waals surface area contributed by atoms with E-state index in [0.717, 1.165) is 22.8 Å². The molecule has 0 fully saturated rings. The number of hydrogen-bond donors (Lipinski definition) is 1. The first kappa shape index (κ1) is 13.4. The minimum absolute atomic E-state index is 0.250. The number of methoxy groups -OCH3 is 1. The van der Waals surface area contributed by atoms with E-state index in [4.69, 9.17) is 9.47 Å². The standard InChI is InChI=1S/C12H18O3S/c1-10(13)7-8-16-12-6-4-3-5-11(12)15-9-14-2/h3-6,10,13H,7-9H2,1-2H3. The molecule has 0 spiro atoms. The van der Waals surface area contributed by atoms with E-state index in [1.165, 1.54) is 0 Å². The van der Waals surface area contributed by atoms with E-state index in [-0.39, 0.29) is 12.9 Å². The third-order valence-corrected chi connectivity index (χ3v) is 3.06. The van der Waals surface area contributed by atoms with Crippen LogP contribution in [0.4, 0.5) is 0 Å². The van der Waals surface area contributed by atoms with Crippen LogP contribution >= 0.6 is 11.8 Å². The zero-order valence-electron chi connectivity index (χ0n) is 9.68. The Morgan fingerprint density at radius 3 is 2.81 bits per heavy atom. The van der Waals surface area contributed by atoms with Gasteiger partial charge in [0.25, 0.3) is 0 Å². The van der Waals surface area contributed by atoms with Crippen molar-refractivity contribution >= 4 is 11.8 Å². The molecule has 0 aliphatic rings. The minimum atomic E-state index is -0.250. The first-order chi connectivity index (χ1) is 7.74. The molecular weight excluding hydrogens is 224 g/mol. The first-order valence-corrected chi connectivity index (χ1v) is 6.24. The summed E-state index contributed by atoms with van der Waals surface area (Å²) >= 11 is 1.69. The van der Waals surface area contributed by atoms with E-state index < -0.39 is 0 Å². The Morgan fingerprint density at radius 2 is 2.12 bits per heavy atom. The van der Waals surface area contributed by atoms with E-state index in [9.17, 15) is 5.11 Å². The number of rotatable bonds is 7. The van der Waals surface area contributed by atoms with Crippen molar-refractivity contribution in [3.05, 3.63) is 24.3 Å². The van der Waals surface area contributed by atoms with Crippen LogP contribution in [0.5, 0.6) is 5.75 Å². The highest BCUT2D eigenvalue weighted by Crippen LogP contribution is 2.29. The summed E-state index contributed by atoms with van der Waals surface area (Å²) < 4.78 is 10.3. The fourth-order valence-corrected chi connectivity index (χ4v) is 2.27. The maximum atomic E-state index is 9.18. The maximum absolute atomic E-state index is 9.18. The summed E-state index contributed by atoms with van der Waals surface area (Å²) in [5, 5.41) is 9.18. The Labute approximate surface area is 101 Å². The van der Waals surface area contributed by atoms with E-state index in [1.807, 2.05) is 24.3 Å². The lowest BCUT2D eigenvalue weighted by Gasteiger charge is -2.10. The summed E-state index contributed by atoms with van der Waals surface area (Å²) in [6.07, 6.45) is 0.531. The lowest BCUT2D eigenvalue weighted by Crippen LogP contribution is -2.02. The van der Waals surface area contributed by atoms with Crippen LogP contribution in [0.25, 0.3) is 0 Å². The van der Waals surface area contributed by atoms with Gasteiger partial charge in [0.15, 0.2) is 6.79 Å². The average Bonchev–Trinajstić information content (AvgIpc) is 2.27. The second kappa shape index (κ2) is 7.54. The molecular formula is C12H18O3S. The number of thioether (sulfide) groups is 1. The molecule has 4 heteroatoms. The molecule has 0 aliphatic carbocycles. The summed E-state index contributed by atoms with van der Waals surface area (Å²) in [5.74, 6) is 1.71. The molecule has 1 rings (SSSR count). The average molecular weight is 242 g/mol. The Bertz CT molecular complexity index is 302. The Balaban J connectivity index is 2.49. The first-order valence-electron chi connectivity index (χ1n) is 5.25. The van der Waals surface area contributed by atoms with Crippen molar-refractivity contribution in [2.75, 3.05) is 19.7 Å². The molecule has 0 aromatic heterocycles. The van der Waals surface area contributed by atoms with Crippen molar-refractivity contribution in [1.82, 2.24) is 0 Å². The molecule has 1 unspecified atom stereocenters. The zero-order chi connectivity index (χ0) is 11.8. The van der Waals surface area contributed by atoms with Gasteiger partial charge in [-0.1, -0.05) is 12.1 Å². The fourth-order valence-electron chi connectivity index (χ4n) is 1.15. The molecule has 0 saturated heterocycles. The van der Waals surface area contributed by atoms with Gasteiger partial charge in [-0.2, -0.15) is 0 Å². The van der Waals surface area contributed by atoms with Crippen molar-refractivity contribution in [2.24, 2.45) is 0 Å². The normalized spacial score (nSPS) is 12.4. The van der Waals surface area contributed by atoms with Gasteiger partial charge < -0.3 is 14.6 Å². The molecule has 0 amide bonds. The Hall–Kier alpha value is -0.710. The summed E-state index contributed by atoms with van der Waals surface area (Å²) in [5.41, 5.74) is 0. The molecule has 3 nitrogen and oxygen atoms in total. The molecule has 0 heterocycles. The molecule has 0 radical (unpaired) electrons. The van der Waals surface area contributed by atoms with Crippen LogP contribution in [-0.4, -0.2) is 30.9 Å². The summed E-state index contributed by atoms with van der Waals surface area (Å²) in [6.45, 7) is 2.06. The van der Waals surface area contributed by atoms with Crippen LogP contribution in [0.1, 0.15) is 13.3 Å². The van der Waals surface area contributed by atoms with Gasteiger partial charge in [0, 0.05) is 17.8 Å². The number of aliphatic hydroxyl groups is 1. The van der Waals surface area contributed by atoms with Crippen molar-refractivity contribution in [3.8, 4) is 5.75 Å². The largest absolute Gasteiger partial charge is 0.466 e. The zero-order valence-corrected chi connectivity index (χ0v) is 10.5. The van der Waals surface area contributed by atoms with Gasteiger partial charge in [0.1, 0.15) is 5.75 Å². The molecule has 1 aromatic rings. The van der Waals surface area contributed by atoms with Crippen LogP contribution in [0.15, 0.2) is 29.2 Å². The Morgan fingerprint density at radius 1 is 1.38 bits per heavy atom. The van der Waals surface area contributed by atoms with Crippen molar-refractivity contribution < 1.29 is 14.6 Å². The van der Waals surface area contributed by atoms with Gasteiger partial charge in [0.05, 0.1) is 6.10 Å². The second-order valence-electron chi connectivity index (χ2n) is 3.48. The molecule has 90 valence electrons. The van der Waals surface area contributed by atoms with Gasteiger partial charge in [-0.25, -0.2) is 0 Å². The van der Waals surface area contributed by atoms with E-state index in [1.54, 1.807) is 25.8 Å². The van der Waals surface area contributed by atoms with Crippen LogP contribution in [-0.2, 0) is 4.74 Å². The SMILES string of the molecule is COCOc1ccccc1SCCC(C)O. The van der Waals surface area contributed by atoms with Gasteiger partial charge in [0.2, 0.25) is 0 Å². The van der Waals surface area contributed by atoms with E-state index in [2.05, 4.69) is 0 Å². The van der Waals surface area contributed by atoms with Crippen LogP contribution in [0.3, 0.4) is 0 Å². The summed E-state index contributed by atoms with van der Waals surface area (Å²) in [6, 6.07) is 7.84. The highest BCUT2D eigenvalue weighted by Gasteiger charge is 2.04. The lowest BCUT2D eigenvalue weighted by atomic mass is 10.3. The number of para-hydroxylation sites is 1. The number of ether oxygens (including phenoxy) is 2. The van der Waals surface area contributed by atoms with Crippen LogP contribution < -0.4 is 4.74 Å². The molecule has 0 saturated carbocycles. The summed E-state index contributed by atoms with van der Waals surface area (Å²) in [4.78, 5) is 1.08. The smallest absolute Gasteiger partial charge is 0.188 e. The monoisotopic (exact) mass is 242 g/mol. The van der Waals surface area contributed by atoms with Crippen molar-refractivity contribution in [2.45, 2.75) is 24.3 Å². The van der Waals surface area contributed by atoms with Crippen LogP contribution in [0, 0.1) is 0 Å². The maximum Gasteiger partial charge on any atom is 0.188 e. The molecule has 0 bridgehead atoms. The lowest BCUT2D eigenvalue weighted by molar-refractivity contribution is 0.0491. The second-order valence-corrected chi connectivity index (χ2v) is 4.62. The predicted molar refractivity (Wildman–Crippen MR) is 66.0 cm³/mol. The fraction of sp³-hybridized carbons (Fsp3) is 0.500. The van der Waals surface area contributed by atoms with Crippen molar-refractivity contribution in [1.29, 1.82) is 0 Å². The molecule has 1 atom stereocenters. The van der Waals surface area contributed by atoms with Gasteiger partial charge in [-0.15, -0.1) is 11.8 Å². The van der Waals surface area contributed by atoms with E-state index >= 15 is 0 Å². The number of aliphatic hydroxyl groups excluding tert-OH is 1. The number of benzene rings is 1. The quantitative estimate of drug-likeness (QED) is 0.589. The van der Waals surface area contributed by atoms with Gasteiger partial charge in [-0.05, 0) is 25.5 Å². The third kappa shape index (κ3) is 4.88. The van der Waals surface area contributed by atoms with Gasteiger partial charge >= 0.3 is 0 Å². The highest BCUT2D eigenvalue weighted by atomic mass is 32.2. The Kier molecular flexibility index (Phi) is 6.30. The summed E-state index contributed by atoms with van der Waals surface area (Å²) in [7, 11) is 1.60.